The van der Waals surface area contributed by atoms with Gasteiger partial charge < -0.3 is 9.80 Å². The van der Waals surface area contributed by atoms with Crippen molar-refractivity contribution in [1.82, 2.24) is 4.90 Å². The average Bonchev–Trinajstić information content (AvgIpc) is 2.46. The van der Waals surface area contributed by atoms with Gasteiger partial charge in [-0.25, -0.2) is 0 Å². The maximum atomic E-state index is 12.4. The van der Waals surface area contributed by atoms with E-state index in [4.69, 9.17) is 5.26 Å². The fourth-order valence-corrected chi connectivity index (χ4v) is 2.62. The number of fused-ring (bicyclic) bond motifs is 1. The maximum absolute atomic E-state index is 12.4. The summed E-state index contributed by atoms with van der Waals surface area (Å²) in [6.07, 6.45) is 2.14. The highest BCUT2D eigenvalue weighted by Gasteiger charge is 2.29. The summed E-state index contributed by atoms with van der Waals surface area (Å²) in [5, 5.41) is 9.15. The first kappa shape index (κ1) is 15.4. The Labute approximate surface area is 127 Å². The van der Waals surface area contributed by atoms with E-state index in [1.54, 1.807) is 20.9 Å². The minimum absolute atomic E-state index is 0.0185. The molecule has 0 bridgehead atoms. The van der Waals surface area contributed by atoms with Crippen LogP contribution >= 0.6 is 0 Å². The number of aryl methyl sites for hydroxylation is 2. The number of hydrogen-bond acceptors (Lipinski definition) is 3. The Morgan fingerprint density at radius 3 is 2.86 bits per heavy atom. The second-order valence-corrected chi connectivity index (χ2v) is 6.28. The van der Waals surface area contributed by atoms with Gasteiger partial charge in [-0.2, -0.15) is 5.26 Å². The third kappa shape index (κ3) is 3.18. The Hall–Kier alpha value is -2.02. The van der Waals surface area contributed by atoms with E-state index < -0.39 is 5.54 Å². The molecule has 0 saturated carbocycles. The summed E-state index contributed by atoms with van der Waals surface area (Å²) in [6.45, 7) is 6.84. The molecule has 2 rings (SSSR count). The van der Waals surface area contributed by atoms with E-state index in [2.05, 4.69) is 36.1 Å². The summed E-state index contributed by atoms with van der Waals surface area (Å²) < 4.78 is 0. The highest BCUT2D eigenvalue weighted by atomic mass is 16.2. The van der Waals surface area contributed by atoms with E-state index in [0.29, 0.717) is 6.54 Å². The average molecular weight is 285 g/mol. The van der Waals surface area contributed by atoms with Crippen LogP contribution in [0.3, 0.4) is 0 Å². The number of likely N-dealkylation sites (N-methyl/N-ethyl adjacent to an activating group) is 1. The first-order chi connectivity index (χ1) is 9.85. The molecule has 4 nitrogen and oxygen atoms in total. The van der Waals surface area contributed by atoms with Crippen LogP contribution in [0, 0.1) is 18.3 Å². The third-order valence-corrected chi connectivity index (χ3v) is 4.26. The highest BCUT2D eigenvalue weighted by Crippen LogP contribution is 2.28. The van der Waals surface area contributed by atoms with Crippen molar-refractivity contribution in [2.24, 2.45) is 0 Å². The Morgan fingerprint density at radius 1 is 1.48 bits per heavy atom. The number of rotatable bonds is 3. The number of hydrogen-bond donors (Lipinski definition) is 0. The summed E-state index contributed by atoms with van der Waals surface area (Å²) in [5.74, 6) is -0.0185. The lowest BCUT2D eigenvalue weighted by Crippen LogP contribution is -2.49. The summed E-state index contributed by atoms with van der Waals surface area (Å²) >= 11 is 0. The molecule has 0 spiro atoms. The largest absolute Gasteiger partial charge is 0.362 e. The van der Waals surface area contributed by atoms with E-state index in [-0.39, 0.29) is 5.91 Å². The highest BCUT2D eigenvalue weighted by molar-refractivity contribution is 5.82. The molecule has 1 aromatic rings. The standard InChI is InChI=1S/C17H23N3O/c1-13-7-8-15-14(10-13)6-5-9-20(15)11-16(21)19(4)17(2,3)12-18/h7-8,10H,5-6,9,11H2,1-4H3. The van der Waals surface area contributed by atoms with Crippen LogP contribution in [0.5, 0.6) is 0 Å². The van der Waals surface area contributed by atoms with E-state index in [0.717, 1.165) is 25.1 Å². The number of carbonyl (C=O) groups excluding carboxylic acids is 1. The molecule has 0 saturated heterocycles. The summed E-state index contributed by atoms with van der Waals surface area (Å²) in [7, 11) is 1.70. The summed E-state index contributed by atoms with van der Waals surface area (Å²) in [5.41, 5.74) is 2.95. The van der Waals surface area contributed by atoms with Gasteiger partial charge in [0.15, 0.2) is 0 Å². The lowest BCUT2D eigenvalue weighted by atomic mass is 9.99. The summed E-state index contributed by atoms with van der Waals surface area (Å²) in [4.78, 5) is 16.1. The number of carbonyl (C=O) groups is 1. The number of amides is 1. The molecule has 1 amide bonds. The zero-order valence-corrected chi connectivity index (χ0v) is 13.3. The molecular formula is C17H23N3O. The first-order valence-corrected chi connectivity index (χ1v) is 7.37. The van der Waals surface area contributed by atoms with Crippen molar-refractivity contribution in [1.29, 1.82) is 5.26 Å². The molecule has 1 heterocycles. The Kier molecular flexibility index (Phi) is 4.22. The predicted molar refractivity (Wildman–Crippen MR) is 84.2 cm³/mol. The molecule has 4 heteroatoms. The molecule has 0 unspecified atom stereocenters. The minimum Gasteiger partial charge on any atom is -0.362 e. The molecule has 1 aliphatic heterocycles. The van der Waals surface area contributed by atoms with Gasteiger partial charge in [0.1, 0.15) is 5.54 Å². The van der Waals surface area contributed by atoms with E-state index >= 15 is 0 Å². The third-order valence-electron chi connectivity index (χ3n) is 4.26. The smallest absolute Gasteiger partial charge is 0.243 e. The zero-order chi connectivity index (χ0) is 15.6. The monoisotopic (exact) mass is 285 g/mol. The van der Waals surface area contributed by atoms with Crippen LogP contribution in [0.25, 0.3) is 0 Å². The normalized spacial score (nSPS) is 14.3. The van der Waals surface area contributed by atoms with Crippen molar-refractivity contribution in [3.8, 4) is 6.07 Å². The van der Waals surface area contributed by atoms with Crippen LogP contribution in [0.1, 0.15) is 31.4 Å². The molecule has 0 aromatic heterocycles. The van der Waals surface area contributed by atoms with Gasteiger partial charge in [0.25, 0.3) is 0 Å². The number of anilines is 1. The molecule has 0 radical (unpaired) electrons. The molecule has 1 aliphatic rings. The molecule has 0 aliphatic carbocycles. The van der Waals surface area contributed by atoms with E-state index in [1.165, 1.54) is 16.0 Å². The van der Waals surface area contributed by atoms with Crippen molar-refractivity contribution in [2.45, 2.75) is 39.2 Å². The molecule has 0 N–H and O–H groups in total. The van der Waals surface area contributed by atoms with Crippen LogP contribution in [0.2, 0.25) is 0 Å². The van der Waals surface area contributed by atoms with Crippen molar-refractivity contribution >= 4 is 11.6 Å². The molecular weight excluding hydrogens is 262 g/mol. The topological polar surface area (TPSA) is 47.3 Å². The van der Waals surface area contributed by atoms with Gasteiger partial charge >= 0.3 is 0 Å². The van der Waals surface area contributed by atoms with Gasteiger partial charge in [0.2, 0.25) is 5.91 Å². The van der Waals surface area contributed by atoms with Crippen LogP contribution < -0.4 is 4.90 Å². The zero-order valence-electron chi connectivity index (χ0n) is 13.3. The van der Waals surface area contributed by atoms with Crippen LogP contribution in [0.4, 0.5) is 5.69 Å². The SMILES string of the molecule is Cc1ccc2c(c1)CCCN2CC(=O)N(C)C(C)(C)C#N. The fraction of sp³-hybridized carbons (Fsp3) is 0.529. The fourth-order valence-electron chi connectivity index (χ4n) is 2.62. The van der Waals surface area contributed by atoms with Crippen LogP contribution in [-0.4, -0.2) is 36.5 Å². The van der Waals surface area contributed by atoms with Gasteiger partial charge in [-0.15, -0.1) is 0 Å². The molecule has 21 heavy (non-hydrogen) atoms. The van der Waals surface area contributed by atoms with Crippen molar-refractivity contribution in [3.63, 3.8) is 0 Å². The van der Waals surface area contributed by atoms with Crippen molar-refractivity contribution in [3.05, 3.63) is 29.3 Å². The maximum Gasteiger partial charge on any atom is 0.243 e. The van der Waals surface area contributed by atoms with Crippen molar-refractivity contribution < 1.29 is 4.79 Å². The number of nitrogens with zero attached hydrogens (tertiary/aromatic N) is 3. The second-order valence-electron chi connectivity index (χ2n) is 6.28. The number of nitriles is 1. The Bertz CT molecular complexity index is 586. The van der Waals surface area contributed by atoms with Gasteiger partial charge in [-0.3, -0.25) is 4.79 Å². The van der Waals surface area contributed by atoms with Gasteiger partial charge in [-0.05, 0) is 45.2 Å². The molecule has 0 atom stereocenters. The van der Waals surface area contributed by atoms with Gasteiger partial charge in [0.05, 0.1) is 12.6 Å². The quantitative estimate of drug-likeness (QED) is 0.857. The Morgan fingerprint density at radius 2 is 2.19 bits per heavy atom. The van der Waals surface area contributed by atoms with Gasteiger partial charge in [0, 0.05) is 19.3 Å². The molecule has 0 fully saturated rings. The first-order valence-electron chi connectivity index (χ1n) is 7.37. The van der Waals surface area contributed by atoms with E-state index in [9.17, 15) is 4.79 Å². The van der Waals surface area contributed by atoms with Crippen LogP contribution in [-0.2, 0) is 11.2 Å². The molecule has 112 valence electrons. The molecule has 1 aromatic carbocycles. The van der Waals surface area contributed by atoms with E-state index in [1.807, 2.05) is 0 Å². The summed E-state index contributed by atoms with van der Waals surface area (Å²) in [6, 6.07) is 8.57. The number of benzene rings is 1. The van der Waals surface area contributed by atoms with Crippen molar-refractivity contribution in [2.75, 3.05) is 25.0 Å². The Balaban J connectivity index is 2.16. The predicted octanol–water partition coefficient (Wildman–Crippen LogP) is 2.51. The van der Waals surface area contributed by atoms with Crippen LogP contribution in [0.15, 0.2) is 18.2 Å². The minimum atomic E-state index is -0.775. The lowest BCUT2D eigenvalue weighted by Gasteiger charge is -2.35. The van der Waals surface area contributed by atoms with Gasteiger partial charge in [-0.1, -0.05) is 17.7 Å². The second kappa shape index (κ2) is 5.77. The lowest BCUT2D eigenvalue weighted by molar-refractivity contribution is -0.131.